The zero-order valence-electron chi connectivity index (χ0n) is 24.7. The van der Waals surface area contributed by atoms with Gasteiger partial charge in [0.05, 0.1) is 0 Å². The Hall–Kier alpha value is -3.14. The van der Waals surface area contributed by atoms with Crippen molar-refractivity contribution < 1.29 is 42.9 Å². The van der Waals surface area contributed by atoms with Gasteiger partial charge in [-0.3, -0.25) is 14.4 Å². The highest BCUT2D eigenvalue weighted by Gasteiger charge is 2.22. The highest BCUT2D eigenvalue weighted by atomic mass is 16.7. The van der Waals surface area contributed by atoms with Gasteiger partial charge in [0.2, 0.25) is 0 Å². The lowest BCUT2D eigenvalue weighted by molar-refractivity contribution is -0.152. The van der Waals surface area contributed by atoms with Crippen LogP contribution in [0.15, 0.2) is 18.2 Å². The predicted molar refractivity (Wildman–Crippen MR) is 150 cm³/mol. The minimum atomic E-state index is -1.03. The van der Waals surface area contributed by atoms with Crippen LogP contribution >= 0.6 is 0 Å². The van der Waals surface area contributed by atoms with Crippen LogP contribution in [0.4, 0.5) is 4.79 Å². The summed E-state index contributed by atoms with van der Waals surface area (Å²) in [6, 6.07) is 3.69. The molecule has 10 heteroatoms. The molecule has 0 spiro atoms. The Balaban J connectivity index is 2.79. The summed E-state index contributed by atoms with van der Waals surface area (Å²) in [6.45, 7) is 9.24. The summed E-state index contributed by atoms with van der Waals surface area (Å²) < 4.78 is 26.4. The number of nitrogens with two attached hydrogens (primary N) is 1. The van der Waals surface area contributed by atoms with Crippen LogP contribution in [0.25, 0.3) is 0 Å². The van der Waals surface area contributed by atoms with Crippen LogP contribution in [0.3, 0.4) is 0 Å². The molecule has 0 saturated carbocycles. The van der Waals surface area contributed by atoms with Gasteiger partial charge in [0.25, 0.3) is 0 Å². The molecule has 0 aliphatic rings. The van der Waals surface area contributed by atoms with E-state index in [0.29, 0.717) is 18.4 Å². The zero-order valence-corrected chi connectivity index (χ0v) is 24.7. The molecule has 0 aliphatic heterocycles. The lowest BCUT2D eigenvalue weighted by atomic mass is 10.1. The summed E-state index contributed by atoms with van der Waals surface area (Å²) >= 11 is 0. The van der Waals surface area contributed by atoms with Crippen molar-refractivity contribution in [3.05, 3.63) is 23.8 Å². The lowest BCUT2D eigenvalue weighted by Gasteiger charge is -2.18. The van der Waals surface area contributed by atoms with Gasteiger partial charge < -0.3 is 29.4 Å². The maximum Gasteiger partial charge on any atom is 0.508 e. The fraction of sp³-hybridized carbons (Fsp3) is 0.667. The maximum atomic E-state index is 12.5. The fourth-order valence-electron chi connectivity index (χ4n) is 3.74. The Labute approximate surface area is 238 Å². The molecule has 1 rings (SSSR count). The van der Waals surface area contributed by atoms with E-state index in [1.54, 1.807) is 26.0 Å². The summed E-state index contributed by atoms with van der Waals surface area (Å²) in [5.74, 6) is -1.30. The number of esters is 3. The first-order valence-electron chi connectivity index (χ1n) is 14.4. The quantitative estimate of drug-likeness (QED) is 0.124. The fourth-order valence-corrected chi connectivity index (χ4v) is 3.74. The molecule has 40 heavy (non-hydrogen) atoms. The van der Waals surface area contributed by atoms with Gasteiger partial charge in [0.15, 0.2) is 11.5 Å². The molecule has 3 atom stereocenters. The maximum absolute atomic E-state index is 12.5. The Bertz CT molecular complexity index is 934. The third-order valence-corrected chi connectivity index (χ3v) is 5.93. The third-order valence-electron chi connectivity index (χ3n) is 5.93. The number of benzene rings is 1. The van der Waals surface area contributed by atoms with E-state index < -0.39 is 36.2 Å². The van der Waals surface area contributed by atoms with Gasteiger partial charge in [-0.1, -0.05) is 58.9 Å². The van der Waals surface area contributed by atoms with Crippen molar-refractivity contribution in [2.45, 2.75) is 123 Å². The number of rotatable bonds is 19. The van der Waals surface area contributed by atoms with Gasteiger partial charge in [-0.05, 0) is 57.2 Å². The number of carbonyl (C=O) groups is 4. The number of unbranched alkanes of at least 4 members (excludes halogenated alkanes) is 4. The summed E-state index contributed by atoms with van der Waals surface area (Å²) in [5.41, 5.74) is 6.66. The first-order valence-corrected chi connectivity index (χ1v) is 14.4. The molecule has 0 saturated heterocycles. The lowest BCUT2D eigenvalue weighted by Crippen LogP contribution is -2.37. The predicted octanol–water partition coefficient (Wildman–Crippen LogP) is 5.80. The number of hydrogen-bond donors (Lipinski definition) is 1. The van der Waals surface area contributed by atoms with Crippen molar-refractivity contribution in [2.75, 3.05) is 6.61 Å². The Morgan fingerprint density at radius 1 is 0.775 bits per heavy atom. The second-order valence-electron chi connectivity index (χ2n) is 9.98. The van der Waals surface area contributed by atoms with Crippen molar-refractivity contribution in [3.8, 4) is 11.5 Å². The molecule has 0 heterocycles. The smallest absolute Gasteiger partial charge is 0.458 e. The van der Waals surface area contributed by atoms with Crippen molar-refractivity contribution in [1.29, 1.82) is 0 Å². The van der Waals surface area contributed by atoms with Gasteiger partial charge in [-0.25, -0.2) is 4.79 Å². The van der Waals surface area contributed by atoms with Crippen molar-refractivity contribution in [1.82, 2.24) is 0 Å². The molecular formula is C30H47NO9. The van der Waals surface area contributed by atoms with E-state index in [4.69, 9.17) is 29.4 Å². The van der Waals surface area contributed by atoms with Crippen LogP contribution in [-0.2, 0) is 35.0 Å². The second kappa shape index (κ2) is 19.8. The van der Waals surface area contributed by atoms with E-state index >= 15 is 0 Å². The first kappa shape index (κ1) is 34.9. The summed E-state index contributed by atoms with van der Waals surface area (Å²) in [4.78, 5) is 49.0. The van der Waals surface area contributed by atoms with E-state index in [-0.39, 0.29) is 43.5 Å². The van der Waals surface area contributed by atoms with Crippen LogP contribution in [-0.4, -0.2) is 48.9 Å². The molecule has 10 nitrogen and oxygen atoms in total. The van der Waals surface area contributed by atoms with Gasteiger partial charge in [0.1, 0.15) is 24.9 Å². The van der Waals surface area contributed by atoms with Crippen LogP contribution in [0.5, 0.6) is 11.5 Å². The third kappa shape index (κ3) is 14.9. The number of hydrogen-bond acceptors (Lipinski definition) is 10. The van der Waals surface area contributed by atoms with E-state index in [2.05, 4.69) is 0 Å². The highest BCUT2D eigenvalue weighted by Crippen LogP contribution is 2.30. The van der Waals surface area contributed by atoms with Crippen LogP contribution in [0, 0.1) is 0 Å². The summed E-state index contributed by atoms with van der Waals surface area (Å²) in [5, 5.41) is 0. The Morgan fingerprint density at radius 2 is 1.38 bits per heavy atom. The molecule has 1 aromatic rings. The SMILES string of the molecule is CCCCCC(=O)Oc1ccc(C[C@H](N)C(=O)O[C@@H](C)COC(=O)OC(C)CCC)cc1OC(=O)CCCCC. The highest BCUT2D eigenvalue weighted by molar-refractivity contribution is 5.77. The molecule has 2 N–H and O–H groups in total. The number of carbonyl (C=O) groups excluding carboxylic acids is 4. The van der Waals surface area contributed by atoms with Crippen LogP contribution in [0.2, 0.25) is 0 Å². The van der Waals surface area contributed by atoms with Gasteiger partial charge >= 0.3 is 24.1 Å². The molecule has 226 valence electrons. The van der Waals surface area contributed by atoms with Gasteiger partial charge in [-0.2, -0.15) is 0 Å². The van der Waals surface area contributed by atoms with E-state index in [1.807, 2.05) is 20.8 Å². The van der Waals surface area contributed by atoms with E-state index in [1.165, 1.54) is 6.07 Å². The minimum absolute atomic E-state index is 0.0775. The minimum Gasteiger partial charge on any atom is -0.458 e. The topological polar surface area (TPSA) is 140 Å². The van der Waals surface area contributed by atoms with E-state index in [0.717, 1.165) is 38.5 Å². The summed E-state index contributed by atoms with van der Waals surface area (Å²) in [7, 11) is 0. The normalized spacial score (nSPS) is 13.1. The van der Waals surface area contributed by atoms with Crippen LogP contribution in [0.1, 0.15) is 104 Å². The molecule has 0 radical (unpaired) electrons. The second-order valence-corrected chi connectivity index (χ2v) is 9.98. The van der Waals surface area contributed by atoms with Crippen molar-refractivity contribution >= 4 is 24.1 Å². The molecule has 1 aromatic carbocycles. The Kier molecular flexibility index (Phi) is 17.3. The molecule has 0 amide bonds. The van der Waals surface area contributed by atoms with Gasteiger partial charge in [0, 0.05) is 12.8 Å². The van der Waals surface area contributed by atoms with Crippen LogP contribution < -0.4 is 15.2 Å². The monoisotopic (exact) mass is 565 g/mol. The molecule has 1 unspecified atom stereocenters. The molecule has 0 bridgehead atoms. The average Bonchev–Trinajstić information content (AvgIpc) is 2.89. The molecule has 0 fully saturated rings. The first-order chi connectivity index (χ1) is 19.1. The van der Waals surface area contributed by atoms with Crippen molar-refractivity contribution in [3.63, 3.8) is 0 Å². The Morgan fingerprint density at radius 3 is 1.95 bits per heavy atom. The van der Waals surface area contributed by atoms with Gasteiger partial charge in [-0.15, -0.1) is 0 Å². The zero-order chi connectivity index (χ0) is 29.9. The summed E-state index contributed by atoms with van der Waals surface area (Å²) in [6.07, 6.45) is 5.48. The van der Waals surface area contributed by atoms with E-state index in [9.17, 15) is 19.2 Å². The average molecular weight is 566 g/mol. The molecule has 0 aromatic heterocycles. The number of ether oxygens (including phenoxy) is 5. The molecular weight excluding hydrogens is 518 g/mol. The molecule has 0 aliphatic carbocycles. The standard InChI is InChI=1S/C30H47NO9/c1-6-9-11-14-27(32)39-25-17-16-23(19-26(25)40-28(33)15-12-10-7-2)18-24(31)29(34)37-22(5)20-36-30(35)38-21(4)13-8-3/h16-17,19,21-22,24H,6-15,18,20,31H2,1-5H3/t21?,22-,24-/m0/s1. The van der Waals surface area contributed by atoms with Crippen molar-refractivity contribution in [2.24, 2.45) is 5.73 Å². The largest absolute Gasteiger partial charge is 0.508 e.